The first-order valence-corrected chi connectivity index (χ1v) is 13.7. The van der Waals surface area contributed by atoms with Crippen LogP contribution in [-0.2, 0) is 17.5 Å². The topological polar surface area (TPSA) is 97.4 Å². The van der Waals surface area contributed by atoms with E-state index in [2.05, 4.69) is 24.7 Å². The molecule has 3 fully saturated rings. The first-order valence-electron chi connectivity index (χ1n) is 13.7. The van der Waals surface area contributed by atoms with Crippen LogP contribution in [0.15, 0.2) is 56.3 Å². The number of aromatic amines is 1. The van der Waals surface area contributed by atoms with Crippen molar-refractivity contribution in [2.75, 3.05) is 4.90 Å². The van der Waals surface area contributed by atoms with E-state index >= 15 is 0 Å². The van der Waals surface area contributed by atoms with Gasteiger partial charge in [-0.1, -0.05) is 28.5 Å². The predicted octanol–water partition coefficient (Wildman–Crippen LogP) is 6.44. The molecule has 1 aliphatic carbocycles. The number of aromatic nitrogens is 3. The summed E-state index contributed by atoms with van der Waals surface area (Å²) < 4.78 is 72.8. The van der Waals surface area contributed by atoms with E-state index in [1.165, 1.54) is 18.2 Å². The Labute approximate surface area is 231 Å². The summed E-state index contributed by atoms with van der Waals surface area (Å²) in [6, 6.07) is 10.5. The molecule has 41 heavy (non-hydrogen) atoms. The molecule has 0 amide bonds. The SMILES string of the molecule is O=c1[nH]c(-c2ccc(N3C4CCC3CC(OCc3c(-c5ccccc5C(F)(F)F)noc3C3CC3)C4)cc2F)no1. The summed E-state index contributed by atoms with van der Waals surface area (Å²) in [5, 5.41) is 7.66. The van der Waals surface area contributed by atoms with Crippen molar-refractivity contribution in [3.05, 3.63) is 75.7 Å². The van der Waals surface area contributed by atoms with Crippen LogP contribution >= 0.6 is 0 Å². The van der Waals surface area contributed by atoms with E-state index < -0.39 is 23.3 Å². The van der Waals surface area contributed by atoms with Crippen molar-refractivity contribution >= 4 is 5.69 Å². The molecule has 0 radical (unpaired) electrons. The van der Waals surface area contributed by atoms with Crippen LogP contribution in [0.4, 0.5) is 23.2 Å². The second-order valence-electron chi connectivity index (χ2n) is 11.0. The number of hydrogen-bond acceptors (Lipinski definition) is 7. The Bertz CT molecular complexity index is 1630. The lowest BCUT2D eigenvalue weighted by Crippen LogP contribution is -2.45. The third-order valence-corrected chi connectivity index (χ3v) is 8.35. The molecule has 2 aliphatic heterocycles. The fourth-order valence-corrected chi connectivity index (χ4v) is 6.36. The van der Waals surface area contributed by atoms with Crippen LogP contribution in [-0.4, -0.2) is 33.5 Å². The van der Waals surface area contributed by atoms with Crippen molar-refractivity contribution in [3.8, 4) is 22.6 Å². The first-order chi connectivity index (χ1) is 19.8. The molecule has 2 aromatic carbocycles. The molecule has 3 aliphatic rings. The highest BCUT2D eigenvalue weighted by atomic mass is 19.4. The van der Waals surface area contributed by atoms with Gasteiger partial charge in [0.25, 0.3) is 0 Å². The van der Waals surface area contributed by atoms with Gasteiger partial charge in [0.15, 0.2) is 5.82 Å². The number of nitrogens with zero attached hydrogens (tertiary/aromatic N) is 3. The van der Waals surface area contributed by atoms with Gasteiger partial charge in [-0.3, -0.25) is 9.51 Å². The van der Waals surface area contributed by atoms with Crippen molar-refractivity contribution in [2.45, 2.75) is 75.4 Å². The molecule has 4 aromatic rings. The number of ether oxygens (including phenoxy) is 1. The summed E-state index contributed by atoms with van der Waals surface area (Å²) in [5.74, 6) is -0.474. The summed E-state index contributed by atoms with van der Waals surface area (Å²) in [6.07, 6.45) is 0.443. The van der Waals surface area contributed by atoms with E-state index in [-0.39, 0.29) is 53.4 Å². The van der Waals surface area contributed by atoms with Crippen molar-refractivity contribution in [3.63, 3.8) is 0 Å². The van der Waals surface area contributed by atoms with Gasteiger partial charge in [-0.15, -0.1) is 0 Å². The first kappa shape index (κ1) is 26.0. The Morgan fingerprint density at radius 1 is 0.976 bits per heavy atom. The molecule has 12 heteroatoms. The maximum atomic E-state index is 15.0. The van der Waals surface area contributed by atoms with E-state index in [9.17, 15) is 22.4 Å². The molecule has 2 unspecified atom stereocenters. The van der Waals surface area contributed by atoms with Crippen molar-refractivity contribution in [2.24, 2.45) is 0 Å². The zero-order chi connectivity index (χ0) is 28.3. The third-order valence-electron chi connectivity index (χ3n) is 8.35. The minimum absolute atomic E-state index is 0.00990. The van der Waals surface area contributed by atoms with Gasteiger partial charge in [0, 0.05) is 34.8 Å². The lowest BCUT2D eigenvalue weighted by Gasteiger charge is -2.40. The summed E-state index contributed by atoms with van der Waals surface area (Å²) >= 11 is 0. The minimum Gasteiger partial charge on any atom is -0.373 e. The number of piperidine rings is 1. The molecule has 8 nitrogen and oxygen atoms in total. The Morgan fingerprint density at radius 3 is 2.39 bits per heavy atom. The van der Waals surface area contributed by atoms with Gasteiger partial charge >= 0.3 is 11.9 Å². The average molecular weight is 571 g/mol. The molecule has 2 aromatic heterocycles. The lowest BCUT2D eigenvalue weighted by atomic mass is 9.97. The fraction of sp³-hybridized carbons (Fsp3) is 0.414. The third kappa shape index (κ3) is 4.83. The Balaban J connectivity index is 1.09. The van der Waals surface area contributed by atoms with E-state index in [0.717, 1.165) is 37.4 Å². The normalized spacial score (nSPS) is 22.4. The van der Waals surface area contributed by atoms with Gasteiger partial charge in [-0.25, -0.2) is 9.18 Å². The molecule has 0 spiro atoms. The number of fused-ring (bicyclic) bond motifs is 2. The zero-order valence-electron chi connectivity index (χ0n) is 21.8. The van der Waals surface area contributed by atoms with Crippen LogP contribution in [0.2, 0.25) is 0 Å². The minimum atomic E-state index is -4.52. The van der Waals surface area contributed by atoms with Gasteiger partial charge in [-0.05, 0) is 62.8 Å². The van der Waals surface area contributed by atoms with E-state index in [0.29, 0.717) is 24.2 Å². The number of nitrogens with one attached hydrogen (secondary N) is 1. The highest BCUT2D eigenvalue weighted by Gasteiger charge is 2.42. The van der Waals surface area contributed by atoms with Gasteiger partial charge in [-0.2, -0.15) is 13.2 Å². The number of H-pyrrole nitrogens is 1. The molecule has 214 valence electrons. The van der Waals surface area contributed by atoms with Crippen LogP contribution in [0.1, 0.15) is 61.3 Å². The molecule has 7 rings (SSSR count). The van der Waals surface area contributed by atoms with Gasteiger partial charge in [0.2, 0.25) is 0 Å². The molecular weight excluding hydrogens is 544 g/mol. The molecule has 2 atom stereocenters. The van der Waals surface area contributed by atoms with E-state index in [4.69, 9.17) is 9.26 Å². The van der Waals surface area contributed by atoms with Crippen LogP contribution < -0.4 is 10.7 Å². The summed E-state index contributed by atoms with van der Waals surface area (Å²) in [7, 11) is 0. The Hall–Kier alpha value is -3.93. The fourth-order valence-electron chi connectivity index (χ4n) is 6.36. The number of halogens is 4. The quantitative estimate of drug-likeness (QED) is 0.256. The highest BCUT2D eigenvalue weighted by Crippen LogP contribution is 2.47. The lowest BCUT2D eigenvalue weighted by molar-refractivity contribution is -0.137. The number of alkyl halides is 3. The second kappa shape index (κ2) is 9.86. The smallest absolute Gasteiger partial charge is 0.373 e. The van der Waals surface area contributed by atoms with E-state index in [1.54, 1.807) is 18.2 Å². The maximum absolute atomic E-state index is 15.0. The molecule has 1 saturated carbocycles. The van der Waals surface area contributed by atoms with Gasteiger partial charge in [0.05, 0.1) is 23.8 Å². The van der Waals surface area contributed by atoms with Crippen LogP contribution in [0.5, 0.6) is 0 Å². The number of benzene rings is 2. The Morgan fingerprint density at radius 2 is 1.73 bits per heavy atom. The standard InChI is InChI=1S/C29H26F4N4O4/c30-24-13-18(9-10-21(24)27-34-28(38)41-36-27)37-16-7-8-17(37)12-19(11-16)39-14-22-25(35-40-26(22)15-5-6-15)20-3-1-2-4-23(20)29(31,32)33/h1-4,9-10,13,15-17,19H,5-8,11-12,14H2,(H,34,36,38). The monoisotopic (exact) mass is 570 g/mol. The largest absolute Gasteiger partial charge is 0.439 e. The van der Waals surface area contributed by atoms with Gasteiger partial charge < -0.3 is 14.2 Å². The highest BCUT2D eigenvalue weighted by molar-refractivity contribution is 5.68. The Kier molecular flexibility index (Phi) is 6.25. The van der Waals surface area contributed by atoms with E-state index in [1.807, 2.05) is 0 Å². The molecule has 4 heterocycles. The molecular formula is C29H26F4N4O4. The maximum Gasteiger partial charge on any atom is 0.439 e. The van der Waals surface area contributed by atoms with Crippen LogP contribution in [0.3, 0.4) is 0 Å². The molecule has 2 bridgehead atoms. The average Bonchev–Trinajstić information content (AvgIpc) is 3.46. The number of hydrogen-bond donors (Lipinski definition) is 1. The second-order valence-corrected chi connectivity index (χ2v) is 11.0. The van der Waals surface area contributed by atoms with Gasteiger partial charge in [0.1, 0.15) is 17.3 Å². The predicted molar refractivity (Wildman–Crippen MR) is 139 cm³/mol. The summed E-state index contributed by atoms with van der Waals surface area (Å²) in [4.78, 5) is 15.8. The zero-order valence-corrected chi connectivity index (χ0v) is 21.8. The molecule has 1 N–H and O–H groups in total. The van der Waals surface area contributed by atoms with Crippen molar-refractivity contribution in [1.29, 1.82) is 0 Å². The molecule has 2 saturated heterocycles. The van der Waals surface area contributed by atoms with Crippen LogP contribution in [0, 0.1) is 5.82 Å². The number of rotatable bonds is 7. The summed E-state index contributed by atoms with van der Waals surface area (Å²) in [6.45, 7) is 0.111. The summed E-state index contributed by atoms with van der Waals surface area (Å²) in [5.41, 5.74) is 0.893. The van der Waals surface area contributed by atoms with Crippen molar-refractivity contribution < 1.29 is 31.3 Å². The van der Waals surface area contributed by atoms with Crippen LogP contribution in [0.25, 0.3) is 22.6 Å². The van der Waals surface area contributed by atoms with Crippen molar-refractivity contribution in [1.82, 2.24) is 15.3 Å². The number of anilines is 1.